The van der Waals surface area contributed by atoms with Gasteiger partial charge in [0, 0.05) is 20.1 Å². The molecule has 0 saturated carbocycles. The topological polar surface area (TPSA) is 85.2 Å². The van der Waals surface area contributed by atoms with E-state index >= 15 is 0 Å². The van der Waals surface area contributed by atoms with Gasteiger partial charge in [-0.2, -0.15) is 0 Å². The van der Waals surface area contributed by atoms with Crippen molar-refractivity contribution in [3.8, 4) is 0 Å². The van der Waals surface area contributed by atoms with Crippen molar-refractivity contribution in [2.24, 2.45) is 0 Å². The molecule has 0 aromatic heterocycles. The van der Waals surface area contributed by atoms with Gasteiger partial charge in [0.05, 0.1) is 0 Å². The molecule has 0 amide bonds. The molecule has 0 atom stereocenters. The average molecular weight is 222 g/mol. The molecular formula is C6H16LiO6P. The number of hydrogen-bond acceptors (Lipinski definition) is 4. The monoisotopic (exact) mass is 222 g/mol. The summed E-state index contributed by atoms with van der Waals surface area (Å²) in [6.45, 7) is 5.10. The third kappa shape index (κ3) is 7.98. The van der Waals surface area contributed by atoms with Gasteiger partial charge in [-0.1, -0.05) is 0 Å². The molecular weight excluding hydrogens is 206 g/mol. The van der Waals surface area contributed by atoms with Gasteiger partial charge >= 0.3 is 26.7 Å². The van der Waals surface area contributed by atoms with Crippen LogP contribution in [0.5, 0.6) is 0 Å². The van der Waals surface area contributed by atoms with E-state index in [2.05, 4.69) is 4.52 Å². The van der Waals surface area contributed by atoms with Crippen LogP contribution in [0.4, 0.5) is 0 Å². The number of phosphoric ester groups is 1. The Hall–Kier alpha value is 0.627. The zero-order valence-electron chi connectivity index (χ0n) is 7.89. The molecule has 82 valence electrons. The van der Waals surface area contributed by atoms with E-state index in [1.165, 1.54) is 6.92 Å². The van der Waals surface area contributed by atoms with Gasteiger partial charge in [0.25, 0.3) is 5.97 Å². The van der Waals surface area contributed by atoms with E-state index < -0.39 is 13.8 Å². The molecule has 8 heteroatoms. The molecule has 0 rings (SSSR count). The van der Waals surface area contributed by atoms with E-state index in [1.54, 1.807) is 13.8 Å². The van der Waals surface area contributed by atoms with Gasteiger partial charge in [0.2, 0.25) is 0 Å². The zero-order valence-corrected chi connectivity index (χ0v) is 8.78. The molecule has 0 radical (unpaired) electrons. The Morgan fingerprint density at radius 3 is 1.79 bits per heavy atom. The number of ether oxygens (including phenoxy) is 2. The predicted molar refractivity (Wildman–Crippen MR) is 51.9 cm³/mol. The van der Waals surface area contributed by atoms with Gasteiger partial charge in [-0.25, -0.2) is 9.09 Å². The first-order valence-electron chi connectivity index (χ1n) is 3.87. The fourth-order valence-electron chi connectivity index (χ4n) is 0.835. The minimum atomic E-state index is -4.60. The fraction of sp³-hybridized carbons (Fsp3) is 1.00. The summed E-state index contributed by atoms with van der Waals surface area (Å²) in [6.07, 6.45) is 0. The van der Waals surface area contributed by atoms with Crippen molar-refractivity contribution >= 4 is 26.7 Å². The minimum absolute atomic E-state index is 0. The summed E-state index contributed by atoms with van der Waals surface area (Å²) in [4.78, 5) is 17.1. The Labute approximate surface area is 95.3 Å². The zero-order chi connectivity index (χ0) is 10.5. The van der Waals surface area contributed by atoms with Crippen LogP contribution >= 0.6 is 7.82 Å². The average Bonchev–Trinajstić information content (AvgIpc) is 1.82. The number of rotatable bonds is 6. The third-order valence-electron chi connectivity index (χ3n) is 1.10. The summed E-state index contributed by atoms with van der Waals surface area (Å²) < 4.78 is 24.7. The normalized spacial score (nSPS) is 12.4. The molecule has 0 unspecified atom stereocenters. The third-order valence-corrected chi connectivity index (χ3v) is 1.67. The molecule has 0 aromatic carbocycles. The number of phosphoric acid groups is 1. The van der Waals surface area contributed by atoms with Crippen LogP contribution in [-0.2, 0) is 18.6 Å². The van der Waals surface area contributed by atoms with Crippen LogP contribution in [0.3, 0.4) is 0 Å². The Bertz CT molecular complexity index is 187. The molecule has 0 fully saturated rings. The van der Waals surface area contributed by atoms with Crippen LogP contribution in [0.1, 0.15) is 20.8 Å². The van der Waals surface area contributed by atoms with Crippen molar-refractivity contribution in [1.82, 2.24) is 0 Å². The summed E-state index contributed by atoms with van der Waals surface area (Å²) in [6, 6.07) is 0. The van der Waals surface area contributed by atoms with Gasteiger partial charge in [0.15, 0.2) is 0 Å². The standard InChI is InChI=1S/C6H15O6P.Li.H/c1-4-10-6(3,11-5-2)12-13(7,8)9;;/h4-5H2,1-3H3,(H2,7,8,9);;. The van der Waals surface area contributed by atoms with Crippen LogP contribution in [0, 0.1) is 0 Å². The summed E-state index contributed by atoms with van der Waals surface area (Å²) in [5.74, 6) is -1.68. The maximum atomic E-state index is 10.5. The second-order valence-electron chi connectivity index (χ2n) is 2.31. The Morgan fingerprint density at radius 2 is 1.57 bits per heavy atom. The number of hydrogen-bond donors (Lipinski definition) is 2. The fourth-order valence-corrected chi connectivity index (χ4v) is 1.37. The maximum absolute atomic E-state index is 10.5. The van der Waals surface area contributed by atoms with Crippen LogP contribution < -0.4 is 0 Å². The van der Waals surface area contributed by atoms with E-state index in [0.717, 1.165) is 0 Å². The molecule has 0 saturated heterocycles. The van der Waals surface area contributed by atoms with Gasteiger partial charge < -0.3 is 19.3 Å². The van der Waals surface area contributed by atoms with E-state index in [-0.39, 0.29) is 32.1 Å². The quantitative estimate of drug-likeness (QED) is 0.379. The summed E-state index contributed by atoms with van der Waals surface area (Å²) in [5.41, 5.74) is 0. The molecule has 0 spiro atoms. The second kappa shape index (κ2) is 6.99. The van der Waals surface area contributed by atoms with Crippen molar-refractivity contribution in [1.29, 1.82) is 0 Å². The van der Waals surface area contributed by atoms with E-state index in [4.69, 9.17) is 19.3 Å². The van der Waals surface area contributed by atoms with E-state index in [9.17, 15) is 4.57 Å². The summed E-state index contributed by atoms with van der Waals surface area (Å²) in [5, 5.41) is 0. The first-order valence-corrected chi connectivity index (χ1v) is 5.40. The van der Waals surface area contributed by atoms with Crippen molar-refractivity contribution in [2.75, 3.05) is 13.2 Å². The Kier molecular flexibility index (Phi) is 8.51. The van der Waals surface area contributed by atoms with E-state index in [0.29, 0.717) is 0 Å². The summed E-state index contributed by atoms with van der Waals surface area (Å²) in [7, 11) is -4.60. The molecule has 2 N–H and O–H groups in total. The Balaban J connectivity index is 0. The van der Waals surface area contributed by atoms with Crippen molar-refractivity contribution in [2.45, 2.75) is 26.7 Å². The molecule has 0 heterocycles. The van der Waals surface area contributed by atoms with Crippen LogP contribution in [-0.4, -0.2) is 47.8 Å². The van der Waals surface area contributed by atoms with Crippen molar-refractivity contribution < 1.29 is 28.3 Å². The predicted octanol–water partition coefficient (Wildman–Crippen LogP) is 0.194. The molecule has 0 aliphatic heterocycles. The van der Waals surface area contributed by atoms with Gasteiger partial charge in [-0.15, -0.1) is 0 Å². The van der Waals surface area contributed by atoms with Crippen molar-refractivity contribution in [3.05, 3.63) is 0 Å². The molecule has 0 bridgehead atoms. The van der Waals surface area contributed by atoms with Gasteiger partial charge in [0.1, 0.15) is 0 Å². The van der Waals surface area contributed by atoms with Crippen LogP contribution in [0.15, 0.2) is 0 Å². The first-order chi connectivity index (χ1) is 5.83. The first kappa shape index (κ1) is 17.0. The molecule has 6 nitrogen and oxygen atoms in total. The van der Waals surface area contributed by atoms with Gasteiger partial charge in [-0.05, 0) is 13.8 Å². The van der Waals surface area contributed by atoms with Gasteiger partial charge in [-0.3, -0.25) is 0 Å². The Morgan fingerprint density at radius 1 is 1.21 bits per heavy atom. The molecule has 0 aliphatic carbocycles. The molecule has 14 heavy (non-hydrogen) atoms. The molecule has 0 aromatic rings. The SMILES string of the molecule is CCOC(C)(OCC)OP(=O)(O)O.[LiH]. The molecule has 0 aliphatic rings. The van der Waals surface area contributed by atoms with E-state index in [1.807, 2.05) is 0 Å². The second-order valence-corrected chi connectivity index (χ2v) is 3.47. The summed E-state index contributed by atoms with van der Waals surface area (Å²) >= 11 is 0. The van der Waals surface area contributed by atoms with Crippen molar-refractivity contribution in [3.63, 3.8) is 0 Å². The van der Waals surface area contributed by atoms with Crippen LogP contribution in [0.25, 0.3) is 0 Å². The van der Waals surface area contributed by atoms with Crippen LogP contribution in [0.2, 0.25) is 0 Å².